The molecule has 0 bridgehead atoms. The number of hydrogen-bond acceptors (Lipinski definition) is 3. The van der Waals surface area contributed by atoms with Gasteiger partial charge in [0, 0.05) is 10.9 Å². The summed E-state index contributed by atoms with van der Waals surface area (Å²) in [6.45, 7) is 0. The highest BCUT2D eigenvalue weighted by Gasteiger charge is 2.07. The van der Waals surface area contributed by atoms with E-state index in [1.165, 1.54) is 6.07 Å². The summed E-state index contributed by atoms with van der Waals surface area (Å²) in [7, 11) is 0. The van der Waals surface area contributed by atoms with Crippen LogP contribution in [-0.2, 0) is 0 Å². The molecule has 0 radical (unpaired) electrons. The van der Waals surface area contributed by atoms with Crippen LogP contribution < -0.4 is 0 Å². The van der Waals surface area contributed by atoms with Crippen molar-refractivity contribution in [1.82, 2.24) is 4.98 Å². The molecule has 3 nitrogen and oxygen atoms in total. The van der Waals surface area contributed by atoms with Crippen LogP contribution in [-0.4, -0.2) is 15.2 Å². The number of hydrogen-bond donors (Lipinski definition) is 2. The SMILES string of the molecule is Oc1ccc(-c2ccc3c(Cl)c(O)ccc3n2)cc1. The van der Waals surface area contributed by atoms with E-state index in [0.717, 1.165) is 11.3 Å². The molecular weight excluding hydrogens is 262 g/mol. The third kappa shape index (κ3) is 2.09. The smallest absolute Gasteiger partial charge is 0.134 e. The highest BCUT2D eigenvalue weighted by molar-refractivity contribution is 6.36. The van der Waals surface area contributed by atoms with Gasteiger partial charge in [-0.15, -0.1) is 0 Å². The number of rotatable bonds is 1. The summed E-state index contributed by atoms with van der Waals surface area (Å²) in [5.74, 6) is 0.269. The predicted octanol–water partition coefficient (Wildman–Crippen LogP) is 3.97. The van der Waals surface area contributed by atoms with Crippen LogP contribution in [0.1, 0.15) is 0 Å². The standard InChI is InChI=1S/C15H10ClNO2/c16-15-11-5-6-12(9-1-3-10(18)4-2-9)17-13(11)7-8-14(15)19/h1-8,18-19H. The van der Waals surface area contributed by atoms with Crippen molar-refractivity contribution in [3.63, 3.8) is 0 Å². The first-order valence-electron chi connectivity index (χ1n) is 5.73. The average molecular weight is 272 g/mol. The van der Waals surface area contributed by atoms with Gasteiger partial charge in [0.25, 0.3) is 0 Å². The van der Waals surface area contributed by atoms with Gasteiger partial charge in [0.05, 0.1) is 16.2 Å². The first-order valence-corrected chi connectivity index (χ1v) is 6.10. The number of fused-ring (bicyclic) bond motifs is 1. The lowest BCUT2D eigenvalue weighted by Crippen LogP contribution is -1.86. The second kappa shape index (κ2) is 4.44. The van der Waals surface area contributed by atoms with Crippen molar-refractivity contribution in [3.05, 3.63) is 53.6 Å². The van der Waals surface area contributed by atoms with E-state index in [1.807, 2.05) is 12.1 Å². The van der Waals surface area contributed by atoms with Crippen LogP contribution in [0.2, 0.25) is 5.02 Å². The molecule has 2 aromatic carbocycles. The third-order valence-electron chi connectivity index (χ3n) is 2.95. The van der Waals surface area contributed by atoms with Crippen LogP contribution in [0, 0.1) is 0 Å². The lowest BCUT2D eigenvalue weighted by Gasteiger charge is -2.05. The molecule has 94 valence electrons. The van der Waals surface area contributed by atoms with Crippen molar-refractivity contribution < 1.29 is 10.2 Å². The molecule has 2 N–H and O–H groups in total. The van der Waals surface area contributed by atoms with E-state index in [2.05, 4.69) is 4.98 Å². The van der Waals surface area contributed by atoms with E-state index in [1.54, 1.807) is 30.3 Å². The van der Waals surface area contributed by atoms with Crippen molar-refractivity contribution in [1.29, 1.82) is 0 Å². The first-order chi connectivity index (χ1) is 9.15. The molecule has 0 amide bonds. The Kier molecular flexibility index (Phi) is 2.76. The quantitative estimate of drug-likeness (QED) is 0.704. The summed E-state index contributed by atoms with van der Waals surface area (Å²) in [4.78, 5) is 4.50. The molecule has 0 saturated heterocycles. The third-order valence-corrected chi connectivity index (χ3v) is 3.35. The Balaban J connectivity index is 2.17. The van der Waals surface area contributed by atoms with Gasteiger partial charge in [-0.25, -0.2) is 4.98 Å². The van der Waals surface area contributed by atoms with Gasteiger partial charge in [0.1, 0.15) is 11.5 Å². The Morgan fingerprint density at radius 2 is 1.58 bits per heavy atom. The molecule has 4 heteroatoms. The Labute approximate surface area is 114 Å². The Morgan fingerprint density at radius 1 is 0.842 bits per heavy atom. The fourth-order valence-electron chi connectivity index (χ4n) is 1.95. The maximum absolute atomic E-state index is 9.55. The van der Waals surface area contributed by atoms with Crippen molar-refractivity contribution in [2.75, 3.05) is 0 Å². The van der Waals surface area contributed by atoms with E-state index in [0.29, 0.717) is 15.9 Å². The van der Waals surface area contributed by atoms with Gasteiger partial charge in [-0.1, -0.05) is 11.6 Å². The highest BCUT2D eigenvalue weighted by Crippen LogP contribution is 2.32. The molecule has 1 heterocycles. The van der Waals surface area contributed by atoms with Crippen LogP contribution in [0.5, 0.6) is 11.5 Å². The molecule has 3 rings (SSSR count). The Morgan fingerprint density at radius 3 is 2.32 bits per heavy atom. The zero-order valence-corrected chi connectivity index (χ0v) is 10.6. The summed E-state index contributed by atoms with van der Waals surface area (Å²) in [5.41, 5.74) is 2.41. The fourth-order valence-corrected chi connectivity index (χ4v) is 2.17. The number of phenolic OH excluding ortho intramolecular Hbond substituents is 2. The van der Waals surface area contributed by atoms with E-state index >= 15 is 0 Å². The molecule has 19 heavy (non-hydrogen) atoms. The van der Waals surface area contributed by atoms with Gasteiger partial charge < -0.3 is 10.2 Å². The number of aromatic nitrogens is 1. The van der Waals surface area contributed by atoms with Crippen molar-refractivity contribution in [2.45, 2.75) is 0 Å². The van der Waals surface area contributed by atoms with Gasteiger partial charge >= 0.3 is 0 Å². The normalized spacial score (nSPS) is 10.8. The maximum atomic E-state index is 9.55. The zero-order chi connectivity index (χ0) is 13.4. The van der Waals surface area contributed by atoms with E-state index in [4.69, 9.17) is 11.6 Å². The molecule has 0 saturated carbocycles. The van der Waals surface area contributed by atoms with Crippen molar-refractivity contribution in [3.8, 4) is 22.8 Å². The van der Waals surface area contributed by atoms with Gasteiger partial charge in [-0.3, -0.25) is 0 Å². The number of benzene rings is 2. The van der Waals surface area contributed by atoms with Gasteiger partial charge in [-0.05, 0) is 48.5 Å². The molecule has 0 aliphatic rings. The van der Waals surface area contributed by atoms with Crippen LogP contribution in [0.15, 0.2) is 48.5 Å². The predicted molar refractivity (Wildman–Crippen MR) is 75.5 cm³/mol. The number of phenols is 2. The molecule has 0 aliphatic carbocycles. The van der Waals surface area contributed by atoms with Crippen LogP contribution >= 0.6 is 11.6 Å². The molecule has 1 aromatic heterocycles. The summed E-state index contributed by atoms with van der Waals surface area (Å²) in [6.07, 6.45) is 0. The number of nitrogens with zero attached hydrogens (tertiary/aromatic N) is 1. The van der Waals surface area contributed by atoms with Gasteiger partial charge in [0.15, 0.2) is 0 Å². The minimum Gasteiger partial charge on any atom is -0.508 e. The Hall–Kier alpha value is -2.26. The monoisotopic (exact) mass is 271 g/mol. The summed E-state index contributed by atoms with van der Waals surface area (Å²) in [6, 6.07) is 13.7. The van der Waals surface area contributed by atoms with Gasteiger partial charge in [0.2, 0.25) is 0 Å². The lowest BCUT2D eigenvalue weighted by atomic mass is 10.1. The number of halogens is 1. The van der Waals surface area contributed by atoms with Crippen molar-refractivity contribution >= 4 is 22.5 Å². The summed E-state index contributed by atoms with van der Waals surface area (Å²) < 4.78 is 0. The minimum absolute atomic E-state index is 0.0494. The fraction of sp³-hybridized carbons (Fsp3) is 0. The largest absolute Gasteiger partial charge is 0.508 e. The van der Waals surface area contributed by atoms with Gasteiger partial charge in [-0.2, -0.15) is 0 Å². The number of pyridine rings is 1. The summed E-state index contributed by atoms with van der Waals surface area (Å²) >= 11 is 6.02. The van der Waals surface area contributed by atoms with Crippen LogP contribution in [0.4, 0.5) is 0 Å². The second-order valence-corrected chi connectivity index (χ2v) is 4.59. The lowest BCUT2D eigenvalue weighted by molar-refractivity contribution is 0.475. The van der Waals surface area contributed by atoms with Crippen LogP contribution in [0.25, 0.3) is 22.2 Å². The highest BCUT2D eigenvalue weighted by atomic mass is 35.5. The molecule has 0 spiro atoms. The topological polar surface area (TPSA) is 53.4 Å². The van der Waals surface area contributed by atoms with Crippen molar-refractivity contribution in [2.24, 2.45) is 0 Å². The van der Waals surface area contributed by atoms with E-state index < -0.39 is 0 Å². The molecule has 0 fully saturated rings. The Bertz CT molecular complexity index is 754. The van der Waals surface area contributed by atoms with E-state index in [9.17, 15) is 10.2 Å². The molecule has 0 atom stereocenters. The second-order valence-electron chi connectivity index (χ2n) is 4.21. The zero-order valence-electron chi connectivity index (χ0n) is 9.84. The summed E-state index contributed by atoms with van der Waals surface area (Å²) in [5, 5.41) is 19.8. The first kappa shape index (κ1) is 11.8. The average Bonchev–Trinajstić information content (AvgIpc) is 2.43. The van der Waals surface area contributed by atoms with Crippen LogP contribution in [0.3, 0.4) is 0 Å². The molecule has 0 aliphatic heterocycles. The van der Waals surface area contributed by atoms with E-state index in [-0.39, 0.29) is 11.5 Å². The minimum atomic E-state index is 0.0494. The number of aromatic hydroxyl groups is 2. The molecule has 0 unspecified atom stereocenters. The maximum Gasteiger partial charge on any atom is 0.134 e. The molecular formula is C15H10ClNO2. The molecule has 3 aromatic rings.